The fourth-order valence-corrected chi connectivity index (χ4v) is 5.66. The maximum Gasteiger partial charge on any atom is 0.338 e. The summed E-state index contributed by atoms with van der Waals surface area (Å²) >= 11 is 4.74. The molecule has 0 unspecified atom stereocenters. The van der Waals surface area contributed by atoms with Gasteiger partial charge in [0.15, 0.2) is 4.80 Å². The van der Waals surface area contributed by atoms with Gasteiger partial charge in [-0.1, -0.05) is 51.5 Å². The van der Waals surface area contributed by atoms with Crippen LogP contribution < -0.4 is 19.8 Å². The van der Waals surface area contributed by atoms with Gasteiger partial charge >= 0.3 is 5.97 Å². The molecule has 9 heteroatoms. The van der Waals surface area contributed by atoms with Crippen LogP contribution in [-0.4, -0.2) is 31.2 Å². The SMILES string of the molecule is CCOC(=O)C1=C(C)N=c2s/c(=C\c3ccc(N(C)C)cc3)c(=O)n2[C@@H]1c1ccc(-c2ccc(Br)cc2)o1. The summed E-state index contributed by atoms with van der Waals surface area (Å²) in [6, 6.07) is 18.5. The number of anilines is 1. The van der Waals surface area contributed by atoms with Crippen molar-refractivity contribution >= 4 is 45.0 Å². The Morgan fingerprint density at radius 3 is 2.50 bits per heavy atom. The molecule has 7 nitrogen and oxygen atoms in total. The number of hydrogen-bond acceptors (Lipinski definition) is 7. The van der Waals surface area contributed by atoms with Crippen LogP contribution in [0.25, 0.3) is 17.4 Å². The van der Waals surface area contributed by atoms with Gasteiger partial charge in [-0.15, -0.1) is 0 Å². The second-order valence-electron chi connectivity index (χ2n) is 9.00. The number of furan rings is 1. The molecule has 2 aromatic carbocycles. The highest BCUT2D eigenvalue weighted by molar-refractivity contribution is 9.10. The molecule has 4 aromatic rings. The monoisotopic (exact) mass is 591 g/mol. The quantitative estimate of drug-likeness (QED) is 0.298. The van der Waals surface area contributed by atoms with Crippen LogP contribution in [0.4, 0.5) is 5.69 Å². The predicted molar refractivity (Wildman–Crippen MR) is 153 cm³/mol. The largest absolute Gasteiger partial charge is 0.463 e. The maximum atomic E-state index is 13.8. The Kier molecular flexibility index (Phi) is 7.23. The van der Waals surface area contributed by atoms with E-state index in [0.29, 0.717) is 26.6 Å². The predicted octanol–water partition coefficient (Wildman–Crippen LogP) is 4.89. The van der Waals surface area contributed by atoms with Gasteiger partial charge in [-0.3, -0.25) is 9.36 Å². The Morgan fingerprint density at radius 1 is 1.13 bits per heavy atom. The molecule has 0 radical (unpaired) electrons. The van der Waals surface area contributed by atoms with Crippen LogP contribution in [0, 0.1) is 0 Å². The van der Waals surface area contributed by atoms with Gasteiger partial charge in [-0.05, 0) is 61.9 Å². The van der Waals surface area contributed by atoms with Crippen LogP contribution in [0.5, 0.6) is 0 Å². The number of ether oxygens (including phenoxy) is 1. The fourth-order valence-electron chi connectivity index (χ4n) is 4.35. The third-order valence-electron chi connectivity index (χ3n) is 6.25. The third-order valence-corrected chi connectivity index (χ3v) is 7.76. The van der Waals surface area contributed by atoms with Gasteiger partial charge in [0.05, 0.1) is 22.4 Å². The summed E-state index contributed by atoms with van der Waals surface area (Å²) in [6.45, 7) is 3.71. The van der Waals surface area contributed by atoms with E-state index in [-0.39, 0.29) is 17.7 Å². The second kappa shape index (κ2) is 10.6. The lowest BCUT2D eigenvalue weighted by molar-refractivity contribution is -0.139. The van der Waals surface area contributed by atoms with Crippen molar-refractivity contribution in [2.24, 2.45) is 4.99 Å². The molecule has 1 atom stereocenters. The molecule has 0 amide bonds. The van der Waals surface area contributed by atoms with Crippen molar-refractivity contribution < 1.29 is 13.9 Å². The highest BCUT2D eigenvalue weighted by Gasteiger charge is 2.35. The summed E-state index contributed by atoms with van der Waals surface area (Å²) < 4.78 is 14.6. The molecule has 5 rings (SSSR count). The van der Waals surface area contributed by atoms with E-state index in [0.717, 1.165) is 21.3 Å². The van der Waals surface area contributed by atoms with Gasteiger partial charge in [-0.2, -0.15) is 0 Å². The summed E-state index contributed by atoms with van der Waals surface area (Å²) in [5.74, 6) is 0.575. The number of aromatic nitrogens is 1. The molecule has 194 valence electrons. The summed E-state index contributed by atoms with van der Waals surface area (Å²) in [7, 11) is 3.96. The minimum Gasteiger partial charge on any atom is -0.463 e. The normalized spacial score (nSPS) is 15.3. The lowest BCUT2D eigenvalue weighted by atomic mass is 10.0. The highest BCUT2D eigenvalue weighted by Crippen LogP contribution is 2.34. The van der Waals surface area contributed by atoms with Gasteiger partial charge in [-0.25, -0.2) is 9.79 Å². The van der Waals surface area contributed by atoms with Crippen molar-refractivity contribution in [3.63, 3.8) is 0 Å². The summed E-state index contributed by atoms with van der Waals surface area (Å²) in [5, 5.41) is 0. The first-order valence-electron chi connectivity index (χ1n) is 12.1. The first kappa shape index (κ1) is 25.9. The van der Waals surface area contributed by atoms with Crippen LogP contribution >= 0.6 is 27.3 Å². The van der Waals surface area contributed by atoms with Gasteiger partial charge in [0, 0.05) is 29.8 Å². The zero-order valence-corrected chi connectivity index (χ0v) is 23.8. The molecule has 2 aromatic heterocycles. The van der Waals surface area contributed by atoms with Gasteiger partial charge in [0.1, 0.15) is 17.6 Å². The Hall–Kier alpha value is -3.69. The lowest BCUT2D eigenvalue weighted by Gasteiger charge is -2.22. The molecule has 0 spiro atoms. The maximum absolute atomic E-state index is 13.8. The van der Waals surface area contributed by atoms with Gasteiger partial charge in [0.2, 0.25) is 0 Å². The zero-order valence-electron chi connectivity index (χ0n) is 21.4. The van der Waals surface area contributed by atoms with Crippen LogP contribution in [0.15, 0.2) is 90.6 Å². The molecule has 0 fully saturated rings. The summed E-state index contributed by atoms with van der Waals surface area (Å²) in [5.41, 5.74) is 3.39. The Balaban J connectivity index is 1.65. The van der Waals surface area contributed by atoms with Crippen molar-refractivity contribution in [1.82, 2.24) is 4.57 Å². The Morgan fingerprint density at radius 2 is 1.84 bits per heavy atom. The average molecular weight is 593 g/mol. The number of halogens is 1. The Bertz CT molecular complexity index is 1710. The van der Waals surface area contributed by atoms with Gasteiger partial charge < -0.3 is 14.1 Å². The molecule has 0 N–H and O–H groups in total. The number of benzene rings is 2. The number of hydrogen-bond donors (Lipinski definition) is 0. The number of thiazole rings is 1. The molecule has 1 aliphatic heterocycles. The van der Waals surface area contributed by atoms with E-state index < -0.39 is 12.0 Å². The van der Waals surface area contributed by atoms with Crippen LogP contribution in [0.2, 0.25) is 0 Å². The molecule has 1 aliphatic rings. The second-order valence-corrected chi connectivity index (χ2v) is 10.9. The summed E-state index contributed by atoms with van der Waals surface area (Å²) in [4.78, 5) is 34.0. The number of nitrogens with zero attached hydrogens (tertiary/aromatic N) is 3. The molecule has 38 heavy (non-hydrogen) atoms. The van der Waals surface area contributed by atoms with E-state index in [2.05, 4.69) is 20.9 Å². The van der Waals surface area contributed by atoms with E-state index in [4.69, 9.17) is 9.15 Å². The van der Waals surface area contributed by atoms with Crippen LogP contribution in [0.3, 0.4) is 0 Å². The van der Waals surface area contributed by atoms with E-state index in [1.54, 1.807) is 19.9 Å². The molecule has 0 saturated carbocycles. The number of rotatable bonds is 6. The molecule has 0 aliphatic carbocycles. The minimum atomic E-state index is -0.798. The summed E-state index contributed by atoms with van der Waals surface area (Å²) in [6.07, 6.45) is 1.85. The highest BCUT2D eigenvalue weighted by atomic mass is 79.9. The molecular formula is C29H26BrN3O4S. The smallest absolute Gasteiger partial charge is 0.338 e. The molecule has 3 heterocycles. The fraction of sp³-hybridized carbons (Fsp3) is 0.207. The number of carbonyl (C=O) groups is 1. The molecular weight excluding hydrogens is 566 g/mol. The van der Waals surface area contributed by atoms with Crippen molar-refractivity contribution in [3.8, 4) is 11.3 Å². The Labute approximate surface area is 232 Å². The first-order valence-corrected chi connectivity index (χ1v) is 13.7. The number of esters is 1. The topological polar surface area (TPSA) is 77.0 Å². The minimum absolute atomic E-state index is 0.206. The standard InChI is InChI=1S/C29H26BrN3O4S/c1-5-36-28(35)25-17(2)31-29-33(26(25)23-15-14-22(37-23)19-8-10-20(30)11-9-19)27(34)24(38-29)16-18-6-12-21(13-7-18)32(3)4/h6-16,26H,5H2,1-4H3/b24-16-/t26-/m1/s1. The van der Waals surface area contributed by atoms with E-state index in [1.165, 1.54) is 15.9 Å². The van der Waals surface area contributed by atoms with Crippen molar-refractivity contribution in [2.45, 2.75) is 19.9 Å². The van der Waals surface area contributed by atoms with E-state index in [1.807, 2.05) is 79.7 Å². The number of allylic oxidation sites excluding steroid dienone is 1. The van der Waals surface area contributed by atoms with Crippen molar-refractivity contribution in [3.05, 3.63) is 107 Å². The van der Waals surface area contributed by atoms with E-state index >= 15 is 0 Å². The van der Waals surface area contributed by atoms with E-state index in [9.17, 15) is 9.59 Å². The number of carbonyl (C=O) groups excluding carboxylic acids is 1. The zero-order chi connectivity index (χ0) is 27.0. The third kappa shape index (κ3) is 4.91. The first-order chi connectivity index (χ1) is 18.3. The average Bonchev–Trinajstić information content (AvgIpc) is 3.49. The molecule has 0 saturated heterocycles. The van der Waals surface area contributed by atoms with Crippen molar-refractivity contribution in [2.75, 3.05) is 25.6 Å². The van der Waals surface area contributed by atoms with Gasteiger partial charge in [0.25, 0.3) is 5.56 Å². The van der Waals surface area contributed by atoms with Crippen LogP contribution in [-0.2, 0) is 9.53 Å². The van der Waals surface area contributed by atoms with Crippen molar-refractivity contribution in [1.29, 1.82) is 0 Å². The lowest BCUT2D eigenvalue weighted by Crippen LogP contribution is -2.39. The number of fused-ring (bicyclic) bond motifs is 1. The van der Waals surface area contributed by atoms with Crippen LogP contribution in [0.1, 0.15) is 31.2 Å². The molecule has 0 bridgehead atoms.